The maximum absolute atomic E-state index is 12.4. The molecule has 0 aromatic heterocycles. The highest BCUT2D eigenvalue weighted by molar-refractivity contribution is 6.31. The van der Waals surface area contributed by atoms with Crippen molar-refractivity contribution in [3.8, 4) is 11.5 Å². The number of anilines is 1. The molecule has 0 saturated carbocycles. The molecule has 0 unspecified atom stereocenters. The van der Waals surface area contributed by atoms with Gasteiger partial charge in [-0.05, 0) is 61.0 Å². The Morgan fingerprint density at radius 1 is 0.900 bits per heavy atom. The van der Waals surface area contributed by atoms with Gasteiger partial charge in [0.15, 0.2) is 0 Å². The van der Waals surface area contributed by atoms with E-state index >= 15 is 0 Å². The maximum atomic E-state index is 12.4. The minimum Gasteiger partial charge on any atom is -0.508 e. The number of hydrogen-bond donors (Lipinski definition) is 4. The van der Waals surface area contributed by atoms with Gasteiger partial charge in [-0.3, -0.25) is 9.59 Å². The molecule has 0 saturated heterocycles. The molecule has 0 aliphatic heterocycles. The summed E-state index contributed by atoms with van der Waals surface area (Å²) in [5.41, 5.74) is 4.34. The molecule has 7 nitrogen and oxygen atoms in total. The second kappa shape index (κ2) is 9.11. The number of carbonyl (C=O) groups excluding carboxylic acids is 2. The summed E-state index contributed by atoms with van der Waals surface area (Å²) in [5.74, 6) is -1.41. The van der Waals surface area contributed by atoms with Crippen LogP contribution in [0.25, 0.3) is 0 Å². The zero-order chi connectivity index (χ0) is 21.7. The van der Waals surface area contributed by atoms with Crippen LogP contribution in [0.1, 0.15) is 33.2 Å². The Hall–Kier alpha value is -3.84. The van der Waals surface area contributed by atoms with Gasteiger partial charge in [0.2, 0.25) is 0 Å². The molecule has 0 aliphatic carbocycles. The van der Waals surface area contributed by atoms with Crippen LogP contribution in [0.5, 0.6) is 11.5 Å². The molecule has 152 valence electrons. The van der Waals surface area contributed by atoms with Crippen LogP contribution >= 0.6 is 11.6 Å². The van der Waals surface area contributed by atoms with Crippen molar-refractivity contribution >= 4 is 34.8 Å². The van der Waals surface area contributed by atoms with E-state index in [1.54, 1.807) is 55.5 Å². The van der Waals surface area contributed by atoms with Crippen LogP contribution in [0.15, 0.2) is 71.8 Å². The number of aromatic hydroxyl groups is 2. The van der Waals surface area contributed by atoms with Gasteiger partial charge in [-0.15, -0.1) is 0 Å². The van der Waals surface area contributed by atoms with Crippen molar-refractivity contribution in [3.05, 3.63) is 88.4 Å². The first-order valence-corrected chi connectivity index (χ1v) is 9.25. The lowest BCUT2D eigenvalue weighted by molar-refractivity contribution is 0.0951. The van der Waals surface area contributed by atoms with Gasteiger partial charge in [0.25, 0.3) is 11.8 Å². The lowest BCUT2D eigenvalue weighted by Gasteiger charge is -2.08. The Balaban J connectivity index is 1.72. The summed E-state index contributed by atoms with van der Waals surface area (Å²) in [5, 5.41) is 26.5. The maximum Gasteiger partial charge on any atom is 0.275 e. The number of phenols is 2. The molecule has 8 heteroatoms. The monoisotopic (exact) mass is 423 g/mol. The SMILES string of the molecule is C/C(=N\NC(=O)c1cc(O)ccc1O)c1cccc(NC(=O)c2cccc(Cl)c2)c1. The molecule has 3 rings (SSSR count). The lowest BCUT2D eigenvalue weighted by atomic mass is 10.1. The van der Waals surface area contributed by atoms with Crippen LogP contribution < -0.4 is 10.7 Å². The van der Waals surface area contributed by atoms with Crippen LogP contribution in [0, 0.1) is 0 Å². The van der Waals surface area contributed by atoms with Gasteiger partial charge < -0.3 is 15.5 Å². The van der Waals surface area contributed by atoms with E-state index in [1.165, 1.54) is 12.1 Å². The molecule has 0 radical (unpaired) electrons. The quantitative estimate of drug-likeness (QED) is 0.280. The predicted molar refractivity (Wildman–Crippen MR) is 115 cm³/mol. The molecule has 4 N–H and O–H groups in total. The van der Waals surface area contributed by atoms with Crippen molar-refractivity contribution in [3.63, 3.8) is 0 Å². The standard InChI is InChI=1S/C22H18ClN3O4/c1-13(25-26-22(30)19-12-18(27)8-9-20(19)28)14-4-3-7-17(11-14)24-21(29)15-5-2-6-16(23)10-15/h2-12,27-28H,1H3,(H,24,29)(H,26,30)/b25-13+. The molecule has 0 spiro atoms. The van der Waals surface area contributed by atoms with E-state index in [-0.39, 0.29) is 23.0 Å². The molecule has 3 aromatic rings. The van der Waals surface area contributed by atoms with Crippen LogP contribution in [-0.2, 0) is 0 Å². The van der Waals surface area contributed by atoms with E-state index in [9.17, 15) is 19.8 Å². The highest BCUT2D eigenvalue weighted by atomic mass is 35.5. The molecular weight excluding hydrogens is 406 g/mol. The smallest absolute Gasteiger partial charge is 0.275 e. The molecule has 0 aliphatic rings. The normalized spacial score (nSPS) is 11.1. The fraction of sp³-hybridized carbons (Fsp3) is 0.0455. The summed E-state index contributed by atoms with van der Waals surface area (Å²) in [7, 11) is 0. The molecular formula is C22H18ClN3O4. The van der Waals surface area contributed by atoms with Crippen molar-refractivity contribution in [2.45, 2.75) is 6.92 Å². The van der Waals surface area contributed by atoms with Crippen LogP contribution in [0.4, 0.5) is 5.69 Å². The zero-order valence-corrected chi connectivity index (χ0v) is 16.6. The number of benzene rings is 3. The third kappa shape index (κ3) is 5.15. The van der Waals surface area contributed by atoms with Gasteiger partial charge in [0, 0.05) is 16.3 Å². The highest BCUT2D eigenvalue weighted by Gasteiger charge is 2.12. The largest absolute Gasteiger partial charge is 0.508 e. The third-order valence-electron chi connectivity index (χ3n) is 4.17. The number of phenolic OH excluding ortho intramolecular Hbond substituents is 2. The molecule has 0 atom stereocenters. The lowest BCUT2D eigenvalue weighted by Crippen LogP contribution is -2.19. The summed E-state index contributed by atoms with van der Waals surface area (Å²) in [6.07, 6.45) is 0. The van der Waals surface area contributed by atoms with Gasteiger partial charge in [0.1, 0.15) is 11.5 Å². The minimum atomic E-state index is -0.673. The van der Waals surface area contributed by atoms with Gasteiger partial charge in [-0.2, -0.15) is 5.10 Å². The molecule has 2 amide bonds. The van der Waals surface area contributed by atoms with Crippen molar-refractivity contribution in [1.29, 1.82) is 0 Å². The summed E-state index contributed by atoms with van der Waals surface area (Å²) < 4.78 is 0. The predicted octanol–water partition coefficient (Wildman–Crippen LogP) is 4.16. The van der Waals surface area contributed by atoms with Crippen LogP contribution in [-0.4, -0.2) is 27.7 Å². The molecule has 0 heterocycles. The Bertz CT molecular complexity index is 1140. The zero-order valence-electron chi connectivity index (χ0n) is 15.9. The van der Waals surface area contributed by atoms with Crippen molar-refractivity contribution in [2.75, 3.05) is 5.32 Å². The van der Waals surface area contributed by atoms with Crippen molar-refractivity contribution < 1.29 is 19.8 Å². The number of hydrogen-bond acceptors (Lipinski definition) is 5. The Kier molecular flexibility index (Phi) is 6.34. The van der Waals surface area contributed by atoms with E-state index in [1.807, 2.05) is 0 Å². The van der Waals surface area contributed by atoms with Gasteiger partial charge >= 0.3 is 0 Å². The number of rotatable bonds is 5. The number of nitrogens with zero attached hydrogens (tertiary/aromatic N) is 1. The number of halogens is 1. The van der Waals surface area contributed by atoms with Crippen LogP contribution in [0.3, 0.4) is 0 Å². The summed E-state index contributed by atoms with van der Waals surface area (Å²) in [6, 6.07) is 17.2. The fourth-order valence-electron chi connectivity index (χ4n) is 2.62. The number of nitrogens with one attached hydrogen (secondary N) is 2. The van der Waals surface area contributed by atoms with Crippen molar-refractivity contribution in [2.24, 2.45) is 5.10 Å². The number of carbonyl (C=O) groups is 2. The Morgan fingerprint density at radius 3 is 2.40 bits per heavy atom. The molecule has 3 aromatic carbocycles. The van der Waals surface area contributed by atoms with Gasteiger partial charge in [-0.1, -0.05) is 29.8 Å². The average molecular weight is 424 g/mol. The van der Waals surface area contributed by atoms with Gasteiger partial charge in [0.05, 0.1) is 11.3 Å². The van der Waals surface area contributed by atoms with E-state index in [2.05, 4.69) is 15.8 Å². The second-order valence-corrected chi connectivity index (χ2v) is 6.82. The van der Waals surface area contributed by atoms with Crippen molar-refractivity contribution in [1.82, 2.24) is 5.43 Å². The fourth-order valence-corrected chi connectivity index (χ4v) is 2.81. The molecule has 30 heavy (non-hydrogen) atoms. The Morgan fingerprint density at radius 2 is 1.63 bits per heavy atom. The first kappa shape index (κ1) is 20.9. The molecule has 0 fully saturated rings. The van der Waals surface area contributed by atoms with E-state index < -0.39 is 5.91 Å². The second-order valence-electron chi connectivity index (χ2n) is 6.38. The topological polar surface area (TPSA) is 111 Å². The van der Waals surface area contributed by atoms with E-state index in [4.69, 9.17) is 11.6 Å². The number of hydrazone groups is 1. The molecule has 0 bridgehead atoms. The summed E-state index contributed by atoms with van der Waals surface area (Å²) >= 11 is 5.92. The van der Waals surface area contributed by atoms with E-state index in [0.29, 0.717) is 27.5 Å². The van der Waals surface area contributed by atoms with Gasteiger partial charge in [-0.25, -0.2) is 5.43 Å². The summed E-state index contributed by atoms with van der Waals surface area (Å²) in [6.45, 7) is 1.68. The third-order valence-corrected chi connectivity index (χ3v) is 4.41. The number of amides is 2. The summed E-state index contributed by atoms with van der Waals surface area (Å²) in [4.78, 5) is 24.6. The van der Waals surface area contributed by atoms with E-state index in [0.717, 1.165) is 6.07 Å². The first-order chi connectivity index (χ1) is 14.3. The Labute approximate surface area is 177 Å². The minimum absolute atomic E-state index is 0.103. The first-order valence-electron chi connectivity index (χ1n) is 8.87. The highest BCUT2D eigenvalue weighted by Crippen LogP contribution is 2.22. The average Bonchev–Trinajstić information content (AvgIpc) is 2.73. The van der Waals surface area contributed by atoms with Crippen LogP contribution in [0.2, 0.25) is 5.02 Å².